The molecule has 2 nitrogen and oxygen atoms in total. The first-order chi connectivity index (χ1) is 5.25. The zero-order chi connectivity index (χ0) is 8.27. The van der Waals surface area contributed by atoms with Crippen LogP contribution in [-0.4, -0.2) is 5.11 Å². The van der Waals surface area contributed by atoms with Crippen LogP contribution in [0.5, 0.6) is 5.75 Å². The molecule has 56 valence electrons. The molecular weight excluding hydrogens is 162 g/mol. The predicted octanol–water partition coefficient (Wildman–Crippen LogP) is 2.11. The van der Waals surface area contributed by atoms with Crippen molar-refractivity contribution in [2.75, 3.05) is 0 Å². The number of rotatable bonds is 1. The van der Waals surface area contributed by atoms with Crippen molar-refractivity contribution >= 4 is 11.6 Å². The molecule has 0 aliphatic heterocycles. The number of phenols is 1. The van der Waals surface area contributed by atoms with E-state index in [1.165, 1.54) is 0 Å². The second-order valence-electron chi connectivity index (χ2n) is 2.08. The standard InChI is InChI=1S/C8H6ClNO/c9-7-3-1-2-6(4-5-10)8(7)11/h1-3,11H,4H2. The summed E-state index contributed by atoms with van der Waals surface area (Å²) in [4.78, 5) is 0. The highest BCUT2D eigenvalue weighted by molar-refractivity contribution is 6.32. The van der Waals surface area contributed by atoms with Crippen LogP contribution in [0.4, 0.5) is 0 Å². The molecule has 0 fully saturated rings. The van der Waals surface area contributed by atoms with Crippen molar-refractivity contribution in [3.8, 4) is 11.8 Å². The van der Waals surface area contributed by atoms with Gasteiger partial charge >= 0.3 is 0 Å². The number of halogens is 1. The Bertz CT molecular complexity index is 303. The van der Waals surface area contributed by atoms with Crippen molar-refractivity contribution in [2.24, 2.45) is 0 Å². The van der Waals surface area contributed by atoms with Gasteiger partial charge in [-0.15, -0.1) is 0 Å². The van der Waals surface area contributed by atoms with Crippen LogP contribution in [0, 0.1) is 11.3 Å². The summed E-state index contributed by atoms with van der Waals surface area (Å²) in [6.45, 7) is 0. The molecule has 11 heavy (non-hydrogen) atoms. The Balaban J connectivity index is 3.08. The first-order valence-electron chi connectivity index (χ1n) is 3.09. The van der Waals surface area contributed by atoms with Crippen LogP contribution in [-0.2, 0) is 6.42 Å². The number of hydrogen-bond donors (Lipinski definition) is 1. The molecular formula is C8H6ClNO. The number of nitrogens with zero attached hydrogens (tertiary/aromatic N) is 1. The van der Waals surface area contributed by atoms with Crippen molar-refractivity contribution in [1.82, 2.24) is 0 Å². The second kappa shape index (κ2) is 3.27. The topological polar surface area (TPSA) is 44.0 Å². The average molecular weight is 168 g/mol. The van der Waals surface area contributed by atoms with Gasteiger partial charge in [0.15, 0.2) is 0 Å². The molecule has 0 aliphatic rings. The average Bonchev–Trinajstić information content (AvgIpc) is 1.99. The molecule has 0 aliphatic carbocycles. The Labute approximate surface area is 69.7 Å². The third-order valence-electron chi connectivity index (χ3n) is 1.34. The number of nitriles is 1. The van der Waals surface area contributed by atoms with E-state index in [-0.39, 0.29) is 17.2 Å². The predicted molar refractivity (Wildman–Crippen MR) is 42.4 cm³/mol. The number of para-hydroxylation sites is 1. The summed E-state index contributed by atoms with van der Waals surface area (Å²) in [5.41, 5.74) is 0.569. The number of benzene rings is 1. The fourth-order valence-electron chi connectivity index (χ4n) is 0.788. The van der Waals surface area contributed by atoms with Crippen LogP contribution < -0.4 is 0 Å². The summed E-state index contributed by atoms with van der Waals surface area (Å²) >= 11 is 5.59. The maximum atomic E-state index is 9.25. The van der Waals surface area contributed by atoms with Crippen molar-refractivity contribution < 1.29 is 5.11 Å². The van der Waals surface area contributed by atoms with E-state index >= 15 is 0 Å². The first-order valence-corrected chi connectivity index (χ1v) is 3.47. The SMILES string of the molecule is N#CCc1cccc(Cl)c1O. The van der Waals surface area contributed by atoms with E-state index in [4.69, 9.17) is 16.9 Å². The Morgan fingerprint density at radius 1 is 1.55 bits per heavy atom. The van der Waals surface area contributed by atoms with Gasteiger partial charge in [-0.3, -0.25) is 0 Å². The highest BCUT2D eigenvalue weighted by atomic mass is 35.5. The van der Waals surface area contributed by atoms with E-state index in [1.54, 1.807) is 18.2 Å². The fourth-order valence-corrected chi connectivity index (χ4v) is 0.982. The molecule has 1 aromatic carbocycles. The zero-order valence-electron chi connectivity index (χ0n) is 5.71. The van der Waals surface area contributed by atoms with Gasteiger partial charge in [-0.05, 0) is 6.07 Å². The number of phenolic OH excluding ortho intramolecular Hbond substituents is 1. The van der Waals surface area contributed by atoms with Crippen LogP contribution in [0.25, 0.3) is 0 Å². The van der Waals surface area contributed by atoms with Gasteiger partial charge in [0, 0.05) is 5.56 Å². The third-order valence-corrected chi connectivity index (χ3v) is 1.64. The largest absolute Gasteiger partial charge is 0.506 e. The van der Waals surface area contributed by atoms with Gasteiger partial charge in [-0.2, -0.15) is 5.26 Å². The number of aromatic hydroxyl groups is 1. The summed E-state index contributed by atoms with van der Waals surface area (Å²) in [5, 5.41) is 17.9. The molecule has 0 atom stereocenters. The van der Waals surface area contributed by atoms with Gasteiger partial charge in [-0.25, -0.2) is 0 Å². The van der Waals surface area contributed by atoms with Gasteiger partial charge in [0.2, 0.25) is 0 Å². The van der Waals surface area contributed by atoms with E-state index in [0.29, 0.717) is 5.56 Å². The lowest BCUT2D eigenvalue weighted by Gasteiger charge is -1.99. The Morgan fingerprint density at radius 2 is 2.27 bits per heavy atom. The summed E-state index contributed by atoms with van der Waals surface area (Å²) in [6.07, 6.45) is 0.187. The van der Waals surface area contributed by atoms with Gasteiger partial charge < -0.3 is 5.11 Å². The maximum Gasteiger partial charge on any atom is 0.138 e. The molecule has 1 N–H and O–H groups in total. The lowest BCUT2D eigenvalue weighted by Crippen LogP contribution is -1.82. The van der Waals surface area contributed by atoms with Gasteiger partial charge in [0.25, 0.3) is 0 Å². The van der Waals surface area contributed by atoms with Gasteiger partial charge in [0.1, 0.15) is 5.75 Å². The minimum absolute atomic E-state index is 0.00992. The van der Waals surface area contributed by atoms with Crippen LogP contribution >= 0.6 is 11.6 Å². The van der Waals surface area contributed by atoms with Crippen molar-refractivity contribution in [3.05, 3.63) is 28.8 Å². The van der Waals surface area contributed by atoms with Crippen molar-refractivity contribution in [1.29, 1.82) is 5.26 Å². The summed E-state index contributed by atoms with van der Waals surface area (Å²) in [6, 6.07) is 6.89. The van der Waals surface area contributed by atoms with E-state index in [1.807, 2.05) is 6.07 Å². The molecule has 1 rings (SSSR count). The van der Waals surface area contributed by atoms with Crippen LogP contribution in [0.2, 0.25) is 5.02 Å². The fraction of sp³-hybridized carbons (Fsp3) is 0.125. The second-order valence-corrected chi connectivity index (χ2v) is 2.49. The lowest BCUT2D eigenvalue weighted by atomic mass is 10.1. The van der Waals surface area contributed by atoms with E-state index in [2.05, 4.69) is 0 Å². The van der Waals surface area contributed by atoms with Crippen molar-refractivity contribution in [2.45, 2.75) is 6.42 Å². The summed E-state index contributed by atoms with van der Waals surface area (Å²) < 4.78 is 0. The van der Waals surface area contributed by atoms with Crippen LogP contribution in [0.1, 0.15) is 5.56 Å². The molecule has 0 aromatic heterocycles. The van der Waals surface area contributed by atoms with E-state index in [9.17, 15) is 5.11 Å². The minimum atomic E-state index is 0.00992. The highest BCUT2D eigenvalue weighted by Crippen LogP contribution is 2.26. The van der Waals surface area contributed by atoms with Gasteiger partial charge in [0.05, 0.1) is 17.5 Å². The molecule has 3 heteroatoms. The van der Waals surface area contributed by atoms with Crippen molar-refractivity contribution in [3.63, 3.8) is 0 Å². The van der Waals surface area contributed by atoms with Crippen LogP contribution in [0.3, 0.4) is 0 Å². The lowest BCUT2D eigenvalue weighted by molar-refractivity contribution is 0.470. The minimum Gasteiger partial charge on any atom is -0.506 e. The van der Waals surface area contributed by atoms with E-state index in [0.717, 1.165) is 0 Å². The molecule has 0 heterocycles. The molecule has 0 saturated carbocycles. The Hall–Kier alpha value is -1.20. The Kier molecular flexibility index (Phi) is 2.35. The monoisotopic (exact) mass is 167 g/mol. The normalized spacial score (nSPS) is 9.09. The molecule has 0 radical (unpaired) electrons. The maximum absolute atomic E-state index is 9.25. The Morgan fingerprint density at radius 3 is 2.91 bits per heavy atom. The third kappa shape index (κ3) is 1.63. The first kappa shape index (κ1) is 7.90. The molecule has 0 bridgehead atoms. The molecule has 0 saturated heterocycles. The van der Waals surface area contributed by atoms with E-state index < -0.39 is 0 Å². The summed E-state index contributed by atoms with van der Waals surface area (Å²) in [7, 11) is 0. The van der Waals surface area contributed by atoms with Crippen LogP contribution in [0.15, 0.2) is 18.2 Å². The van der Waals surface area contributed by atoms with Gasteiger partial charge in [-0.1, -0.05) is 23.7 Å². The molecule has 0 amide bonds. The molecule has 0 spiro atoms. The number of hydrogen-bond acceptors (Lipinski definition) is 2. The molecule has 1 aromatic rings. The molecule has 0 unspecified atom stereocenters. The quantitative estimate of drug-likeness (QED) is 0.696. The smallest absolute Gasteiger partial charge is 0.138 e. The zero-order valence-corrected chi connectivity index (χ0v) is 6.47. The highest BCUT2D eigenvalue weighted by Gasteiger charge is 2.02. The summed E-state index contributed by atoms with van der Waals surface area (Å²) in [5.74, 6) is 0.00992.